The highest BCUT2D eigenvalue weighted by Gasteiger charge is 2.15. The van der Waals surface area contributed by atoms with Crippen molar-refractivity contribution in [2.75, 3.05) is 30.6 Å². The Balaban J connectivity index is 4.42. The first-order valence-electron chi connectivity index (χ1n) is 12.7. The second kappa shape index (κ2) is 23.1. The summed E-state index contributed by atoms with van der Waals surface area (Å²) in [6.45, 7) is 9.39. The number of rotatable bonds is 22. The molecule has 0 rings (SSSR count). The molecule has 0 unspecified atom stereocenters. The average molecular weight is 417 g/mol. The fraction of sp³-hybridized carbons (Fsp3) is 1.00. The van der Waals surface area contributed by atoms with Crippen LogP contribution in [-0.2, 0) is 0 Å². The van der Waals surface area contributed by atoms with Gasteiger partial charge in [-0.25, -0.2) is 0 Å². The van der Waals surface area contributed by atoms with Crippen LogP contribution in [0, 0.1) is 0 Å². The van der Waals surface area contributed by atoms with E-state index in [1.807, 2.05) is 0 Å². The highest BCUT2D eigenvalue weighted by atomic mass is 31.2. The van der Waals surface area contributed by atoms with Gasteiger partial charge in [0.1, 0.15) is 0 Å². The van der Waals surface area contributed by atoms with Gasteiger partial charge in [-0.15, -0.1) is 15.8 Å². The predicted molar refractivity (Wildman–Crippen MR) is 135 cm³/mol. The van der Waals surface area contributed by atoms with E-state index in [0.29, 0.717) is 15.8 Å². The van der Waals surface area contributed by atoms with Gasteiger partial charge in [-0.2, -0.15) is 0 Å². The molecule has 27 heavy (non-hydrogen) atoms. The van der Waals surface area contributed by atoms with E-state index >= 15 is 0 Å². The van der Waals surface area contributed by atoms with Gasteiger partial charge in [0, 0.05) is 0 Å². The minimum atomic E-state index is 0.347. The molecule has 0 aromatic rings. The number of hydrogen-bond donors (Lipinski definition) is 0. The molecular weight excluding hydrogens is 362 g/mol. The second-order valence-electron chi connectivity index (χ2n) is 8.62. The summed E-state index contributed by atoms with van der Waals surface area (Å²) in [6, 6.07) is 0. The first kappa shape index (κ1) is 27.9. The van der Waals surface area contributed by atoms with Crippen LogP contribution in [-0.4, -0.2) is 30.6 Å². The molecule has 0 bridgehead atoms. The minimum Gasteiger partial charge on any atom is -0.102 e. The van der Waals surface area contributed by atoms with Crippen LogP contribution in [0.5, 0.6) is 0 Å². The summed E-state index contributed by atoms with van der Waals surface area (Å²) in [7, 11) is 0.693. The van der Waals surface area contributed by atoms with Crippen molar-refractivity contribution < 1.29 is 0 Å². The quantitative estimate of drug-likeness (QED) is 0.122. The standard InChI is InChI=1S/C25H54P2/c1-5-9-13-17-21-26(22-18-14-10-6-2)25-27(23-19-15-11-7-3)24-20-16-12-8-4/h5-25H2,1-4H3. The van der Waals surface area contributed by atoms with E-state index in [-0.39, 0.29) is 0 Å². The third-order valence-corrected chi connectivity index (χ3v) is 12.7. The van der Waals surface area contributed by atoms with E-state index in [9.17, 15) is 0 Å². The molecule has 0 nitrogen and oxygen atoms in total. The fourth-order valence-electron chi connectivity index (χ4n) is 3.84. The molecule has 0 heterocycles. The summed E-state index contributed by atoms with van der Waals surface area (Å²) < 4.78 is 0. The van der Waals surface area contributed by atoms with Gasteiger partial charge < -0.3 is 0 Å². The van der Waals surface area contributed by atoms with Gasteiger partial charge in [0.15, 0.2) is 0 Å². The molecule has 0 amide bonds. The molecule has 2 heteroatoms. The molecule has 0 aromatic heterocycles. The SMILES string of the molecule is CCCCCCP(CCCCCC)CP(CCCCCC)CCCCCC. The normalized spacial score (nSPS) is 11.8. The van der Waals surface area contributed by atoms with E-state index in [4.69, 9.17) is 0 Å². The lowest BCUT2D eigenvalue weighted by Gasteiger charge is -2.25. The van der Waals surface area contributed by atoms with Crippen molar-refractivity contribution in [2.24, 2.45) is 0 Å². The van der Waals surface area contributed by atoms with Crippen LogP contribution in [0.1, 0.15) is 130 Å². The third kappa shape index (κ3) is 19.9. The van der Waals surface area contributed by atoms with Crippen LogP contribution in [0.15, 0.2) is 0 Å². The first-order valence-corrected chi connectivity index (χ1v) is 16.5. The van der Waals surface area contributed by atoms with E-state index in [2.05, 4.69) is 27.7 Å². The lowest BCUT2D eigenvalue weighted by atomic mass is 10.2. The molecule has 164 valence electrons. The molecule has 0 aromatic carbocycles. The van der Waals surface area contributed by atoms with Gasteiger partial charge in [-0.1, -0.05) is 105 Å². The summed E-state index contributed by atoms with van der Waals surface area (Å²) >= 11 is 0. The van der Waals surface area contributed by atoms with Crippen molar-refractivity contribution >= 4 is 15.8 Å². The average Bonchev–Trinajstić information content (AvgIpc) is 2.68. The van der Waals surface area contributed by atoms with Gasteiger partial charge >= 0.3 is 0 Å². The summed E-state index contributed by atoms with van der Waals surface area (Å²) in [5, 5.41) is 0. The van der Waals surface area contributed by atoms with Crippen molar-refractivity contribution in [2.45, 2.75) is 130 Å². The van der Waals surface area contributed by atoms with Crippen molar-refractivity contribution in [3.8, 4) is 0 Å². The van der Waals surface area contributed by atoms with Crippen molar-refractivity contribution in [3.05, 3.63) is 0 Å². The van der Waals surface area contributed by atoms with Crippen LogP contribution < -0.4 is 0 Å². The van der Waals surface area contributed by atoms with Crippen LogP contribution in [0.2, 0.25) is 0 Å². The Hall–Kier alpha value is 0.860. The molecule has 0 saturated carbocycles. The molecule has 0 N–H and O–H groups in total. The van der Waals surface area contributed by atoms with Crippen molar-refractivity contribution in [1.82, 2.24) is 0 Å². The molecule has 0 radical (unpaired) electrons. The monoisotopic (exact) mass is 416 g/mol. The Bertz CT molecular complexity index is 217. The highest BCUT2D eigenvalue weighted by Crippen LogP contribution is 2.53. The zero-order valence-corrected chi connectivity index (χ0v) is 21.5. The summed E-state index contributed by atoms with van der Waals surface area (Å²) in [6.07, 6.45) is 29.9. The zero-order chi connectivity index (χ0) is 20.0. The molecule has 0 aliphatic heterocycles. The second-order valence-corrected chi connectivity index (χ2v) is 14.2. The van der Waals surface area contributed by atoms with Crippen LogP contribution in [0.25, 0.3) is 0 Å². The molecule has 0 atom stereocenters. The smallest absolute Gasteiger partial charge is 0.0120 e. The van der Waals surface area contributed by atoms with Gasteiger partial charge in [0.2, 0.25) is 0 Å². The maximum Gasteiger partial charge on any atom is -0.0120 e. The van der Waals surface area contributed by atoms with Gasteiger partial charge in [-0.3, -0.25) is 0 Å². The lowest BCUT2D eigenvalue weighted by Crippen LogP contribution is -2.01. The lowest BCUT2D eigenvalue weighted by molar-refractivity contribution is 0.694. The summed E-state index contributed by atoms with van der Waals surface area (Å²) in [5.74, 6) is 1.68. The minimum absolute atomic E-state index is 0.347. The fourth-order valence-corrected chi connectivity index (χ4v) is 11.5. The van der Waals surface area contributed by atoms with E-state index in [0.717, 1.165) is 0 Å². The third-order valence-electron chi connectivity index (χ3n) is 5.71. The number of unbranched alkanes of at least 4 members (excludes halogenated alkanes) is 12. The van der Waals surface area contributed by atoms with Crippen LogP contribution in [0.4, 0.5) is 0 Å². The van der Waals surface area contributed by atoms with E-state index in [1.54, 1.807) is 30.6 Å². The molecule has 0 aliphatic rings. The maximum absolute atomic E-state index is 2.35. The molecule has 0 aliphatic carbocycles. The topological polar surface area (TPSA) is 0 Å². The zero-order valence-electron chi connectivity index (χ0n) is 19.7. The van der Waals surface area contributed by atoms with Crippen molar-refractivity contribution in [1.29, 1.82) is 0 Å². The first-order chi connectivity index (χ1) is 13.3. The highest BCUT2D eigenvalue weighted by molar-refractivity contribution is 7.74. The molecule has 0 spiro atoms. The van der Waals surface area contributed by atoms with Crippen LogP contribution in [0.3, 0.4) is 0 Å². The Morgan fingerprint density at radius 2 is 0.593 bits per heavy atom. The summed E-state index contributed by atoms with van der Waals surface area (Å²) in [4.78, 5) is 0. The largest absolute Gasteiger partial charge is 0.102 e. The van der Waals surface area contributed by atoms with Crippen LogP contribution >= 0.6 is 15.8 Å². The Morgan fingerprint density at radius 1 is 0.333 bits per heavy atom. The maximum atomic E-state index is 2.35. The van der Waals surface area contributed by atoms with E-state index in [1.165, 1.54) is 103 Å². The predicted octanol–water partition coefficient (Wildman–Crippen LogP) is 10.2. The van der Waals surface area contributed by atoms with Gasteiger partial charge in [0.05, 0.1) is 0 Å². The van der Waals surface area contributed by atoms with Gasteiger partial charge in [-0.05, 0) is 56.2 Å². The number of hydrogen-bond acceptors (Lipinski definition) is 0. The summed E-state index contributed by atoms with van der Waals surface area (Å²) in [5.41, 5.74) is 0. The van der Waals surface area contributed by atoms with Gasteiger partial charge in [0.25, 0.3) is 0 Å². The molecule has 0 saturated heterocycles. The molecule has 0 fully saturated rings. The van der Waals surface area contributed by atoms with E-state index < -0.39 is 0 Å². The Morgan fingerprint density at radius 3 is 0.815 bits per heavy atom. The Labute approximate surface area is 176 Å². The Kier molecular flexibility index (Phi) is 23.9. The van der Waals surface area contributed by atoms with Crippen molar-refractivity contribution in [3.63, 3.8) is 0 Å². The molecular formula is C25H54P2.